The summed E-state index contributed by atoms with van der Waals surface area (Å²) in [6.45, 7) is 7.70. The first kappa shape index (κ1) is 13.9. The summed E-state index contributed by atoms with van der Waals surface area (Å²) in [7, 11) is -1.60. The molecule has 0 atom stereocenters. The number of carbonyl (C=O) groups is 1. The zero-order valence-electron chi connectivity index (χ0n) is 10.8. The fourth-order valence-corrected chi connectivity index (χ4v) is 1.98. The van der Waals surface area contributed by atoms with Crippen LogP contribution < -0.4 is 5.46 Å². The van der Waals surface area contributed by atoms with Crippen LogP contribution in [0.1, 0.15) is 43.6 Å². The third-order valence-corrected chi connectivity index (χ3v) is 2.53. The molecule has 0 unspecified atom stereocenters. The number of Topliss-reactive ketones (excluding diaryl/α,β-unsaturated/α-hetero) is 1. The third kappa shape index (κ3) is 3.68. The molecule has 0 aliphatic carbocycles. The molecule has 0 saturated heterocycles. The molecule has 0 radical (unpaired) electrons. The molecule has 92 valence electrons. The minimum atomic E-state index is -1.60. The van der Waals surface area contributed by atoms with Gasteiger partial charge < -0.3 is 10.0 Å². The van der Waals surface area contributed by atoms with E-state index in [1.165, 1.54) is 6.92 Å². The summed E-state index contributed by atoms with van der Waals surface area (Å²) >= 11 is 0. The van der Waals surface area contributed by atoms with Crippen molar-refractivity contribution >= 4 is 18.4 Å². The van der Waals surface area contributed by atoms with Crippen LogP contribution in [0.2, 0.25) is 0 Å². The van der Waals surface area contributed by atoms with E-state index >= 15 is 0 Å². The van der Waals surface area contributed by atoms with Crippen LogP contribution >= 0.6 is 0 Å². The van der Waals surface area contributed by atoms with E-state index in [1.807, 2.05) is 6.07 Å². The molecule has 0 bridgehead atoms. The summed E-state index contributed by atoms with van der Waals surface area (Å²) in [4.78, 5) is 11.7. The number of hydrogen-bond donors (Lipinski definition) is 2. The van der Waals surface area contributed by atoms with Crippen molar-refractivity contribution < 1.29 is 14.8 Å². The quantitative estimate of drug-likeness (QED) is 0.609. The van der Waals surface area contributed by atoms with E-state index in [2.05, 4.69) is 20.8 Å². The monoisotopic (exact) mass is 234 g/mol. The van der Waals surface area contributed by atoms with E-state index in [4.69, 9.17) is 0 Å². The molecule has 1 aromatic rings. The Kier molecular flexibility index (Phi) is 4.12. The Morgan fingerprint density at radius 3 is 2.29 bits per heavy atom. The van der Waals surface area contributed by atoms with Crippen LogP contribution in [-0.2, 0) is 6.42 Å². The van der Waals surface area contributed by atoms with Crippen molar-refractivity contribution in [2.75, 3.05) is 0 Å². The number of benzene rings is 1. The van der Waals surface area contributed by atoms with Gasteiger partial charge in [-0.15, -0.1) is 0 Å². The van der Waals surface area contributed by atoms with Crippen LogP contribution in [0.25, 0.3) is 0 Å². The zero-order chi connectivity index (χ0) is 13.2. The number of rotatable bonds is 3. The summed E-state index contributed by atoms with van der Waals surface area (Å²) in [5.41, 5.74) is 1.65. The van der Waals surface area contributed by atoms with E-state index in [0.717, 1.165) is 12.0 Å². The topological polar surface area (TPSA) is 57.5 Å². The first-order chi connectivity index (χ1) is 7.72. The molecule has 0 aliphatic rings. The Hall–Kier alpha value is -1.13. The molecular formula is C13H19BO3. The van der Waals surface area contributed by atoms with Gasteiger partial charge in [0.2, 0.25) is 0 Å². The molecule has 3 nitrogen and oxygen atoms in total. The normalized spacial score (nSPS) is 11.4. The molecular weight excluding hydrogens is 215 g/mol. The lowest BCUT2D eigenvalue weighted by Crippen LogP contribution is -2.35. The lowest BCUT2D eigenvalue weighted by molar-refractivity contribution is 0.101. The Balaban J connectivity index is 3.30. The van der Waals surface area contributed by atoms with Gasteiger partial charge in [0.05, 0.1) is 0 Å². The average Bonchev–Trinajstić information content (AvgIpc) is 2.14. The van der Waals surface area contributed by atoms with Crippen molar-refractivity contribution in [1.82, 2.24) is 0 Å². The van der Waals surface area contributed by atoms with Crippen molar-refractivity contribution in [1.29, 1.82) is 0 Å². The maximum absolute atomic E-state index is 11.7. The van der Waals surface area contributed by atoms with Gasteiger partial charge in [-0.1, -0.05) is 39.0 Å². The van der Waals surface area contributed by atoms with E-state index in [0.29, 0.717) is 11.0 Å². The first-order valence-corrected chi connectivity index (χ1v) is 5.71. The average molecular weight is 234 g/mol. The summed E-state index contributed by atoms with van der Waals surface area (Å²) < 4.78 is 0. The molecule has 0 heterocycles. The van der Waals surface area contributed by atoms with Crippen molar-refractivity contribution in [3.63, 3.8) is 0 Å². The molecule has 0 fully saturated rings. The maximum Gasteiger partial charge on any atom is 0.489 e. The highest BCUT2D eigenvalue weighted by Gasteiger charge is 2.23. The molecule has 1 rings (SSSR count). The fraction of sp³-hybridized carbons (Fsp3) is 0.462. The fourth-order valence-electron chi connectivity index (χ4n) is 1.98. The van der Waals surface area contributed by atoms with Gasteiger partial charge in [-0.3, -0.25) is 4.79 Å². The number of hydrogen-bond acceptors (Lipinski definition) is 3. The van der Waals surface area contributed by atoms with Crippen molar-refractivity contribution in [3.05, 3.63) is 29.3 Å². The van der Waals surface area contributed by atoms with E-state index in [-0.39, 0.29) is 11.2 Å². The van der Waals surface area contributed by atoms with Gasteiger partial charge in [0, 0.05) is 5.56 Å². The smallest absolute Gasteiger partial charge is 0.423 e. The Labute approximate surface area is 103 Å². The number of carbonyl (C=O) groups excluding carboxylic acids is 1. The van der Waals surface area contributed by atoms with E-state index in [9.17, 15) is 14.8 Å². The van der Waals surface area contributed by atoms with Gasteiger partial charge in [0.1, 0.15) is 0 Å². The van der Waals surface area contributed by atoms with Crippen LogP contribution in [0.5, 0.6) is 0 Å². The predicted octanol–water partition coefficient (Wildman–Crippen LogP) is 1.16. The van der Waals surface area contributed by atoms with Crippen molar-refractivity contribution in [3.8, 4) is 0 Å². The molecule has 0 spiro atoms. The van der Waals surface area contributed by atoms with Crippen LogP contribution in [0.15, 0.2) is 18.2 Å². The second-order valence-electron chi connectivity index (χ2n) is 5.55. The lowest BCUT2D eigenvalue weighted by atomic mass is 9.73. The van der Waals surface area contributed by atoms with Gasteiger partial charge in [-0.2, -0.15) is 0 Å². The maximum atomic E-state index is 11.7. The molecule has 0 saturated carbocycles. The summed E-state index contributed by atoms with van der Waals surface area (Å²) in [6.07, 6.45) is 0.725. The standard InChI is InChI=1S/C13H19BO3/c1-9(15)12-10(8-13(2,3)4)6-5-7-11(12)14(16)17/h5-7,16-17H,8H2,1-4H3. The largest absolute Gasteiger partial charge is 0.489 e. The molecule has 0 amide bonds. The van der Waals surface area contributed by atoms with Gasteiger partial charge >= 0.3 is 7.12 Å². The second-order valence-corrected chi connectivity index (χ2v) is 5.55. The van der Waals surface area contributed by atoms with E-state index < -0.39 is 7.12 Å². The highest BCUT2D eigenvalue weighted by atomic mass is 16.4. The Morgan fingerprint density at radius 2 is 1.88 bits per heavy atom. The van der Waals surface area contributed by atoms with Crippen LogP contribution in [-0.4, -0.2) is 22.9 Å². The first-order valence-electron chi connectivity index (χ1n) is 5.71. The Morgan fingerprint density at radius 1 is 1.29 bits per heavy atom. The number of ketones is 1. The molecule has 4 heteroatoms. The second kappa shape index (κ2) is 5.02. The van der Waals surface area contributed by atoms with Crippen LogP contribution in [0, 0.1) is 5.41 Å². The molecule has 17 heavy (non-hydrogen) atoms. The SMILES string of the molecule is CC(=O)c1c(CC(C)(C)C)cccc1B(O)O. The van der Waals surface area contributed by atoms with E-state index in [1.54, 1.807) is 12.1 Å². The van der Waals surface area contributed by atoms with Gasteiger partial charge in [0.15, 0.2) is 5.78 Å². The summed E-state index contributed by atoms with van der Waals surface area (Å²) in [6, 6.07) is 5.20. The van der Waals surface area contributed by atoms with Gasteiger partial charge in [0.25, 0.3) is 0 Å². The van der Waals surface area contributed by atoms with Crippen LogP contribution in [0.3, 0.4) is 0 Å². The molecule has 1 aromatic carbocycles. The molecule has 2 N–H and O–H groups in total. The zero-order valence-corrected chi connectivity index (χ0v) is 10.8. The lowest BCUT2D eigenvalue weighted by Gasteiger charge is -2.21. The predicted molar refractivity (Wildman–Crippen MR) is 69.4 cm³/mol. The van der Waals surface area contributed by atoms with Crippen molar-refractivity contribution in [2.24, 2.45) is 5.41 Å². The van der Waals surface area contributed by atoms with Crippen LogP contribution in [0.4, 0.5) is 0 Å². The molecule has 0 aromatic heterocycles. The Bertz CT molecular complexity index is 419. The minimum Gasteiger partial charge on any atom is -0.423 e. The summed E-state index contributed by atoms with van der Waals surface area (Å²) in [5, 5.41) is 18.6. The highest BCUT2D eigenvalue weighted by molar-refractivity contribution is 6.60. The van der Waals surface area contributed by atoms with Gasteiger partial charge in [-0.25, -0.2) is 0 Å². The molecule has 0 aliphatic heterocycles. The third-order valence-electron chi connectivity index (χ3n) is 2.53. The minimum absolute atomic E-state index is 0.0449. The summed E-state index contributed by atoms with van der Waals surface area (Å²) in [5.74, 6) is -0.132. The highest BCUT2D eigenvalue weighted by Crippen LogP contribution is 2.22. The van der Waals surface area contributed by atoms with Gasteiger partial charge in [-0.05, 0) is 29.8 Å². The van der Waals surface area contributed by atoms with Crippen molar-refractivity contribution in [2.45, 2.75) is 34.1 Å².